The standard InChI is InChI=1S/C9H16N2S3/c1-2-8-10-9(14-11-8)13-7-5-3-4-6-12/h12H,2-7H2,1H3. The number of aromatic nitrogens is 2. The van der Waals surface area contributed by atoms with Crippen LogP contribution in [-0.4, -0.2) is 20.9 Å². The quantitative estimate of drug-likeness (QED) is 0.455. The molecule has 0 radical (unpaired) electrons. The van der Waals surface area contributed by atoms with Crippen molar-refractivity contribution in [3.05, 3.63) is 5.82 Å². The van der Waals surface area contributed by atoms with E-state index in [-0.39, 0.29) is 0 Å². The predicted octanol–water partition coefficient (Wildman–Crippen LogP) is 3.29. The second kappa shape index (κ2) is 7.54. The number of unbranched alkanes of at least 4 members (excludes halogenated alkanes) is 2. The maximum absolute atomic E-state index is 4.40. The number of rotatable bonds is 7. The molecule has 80 valence electrons. The molecule has 0 saturated carbocycles. The lowest BCUT2D eigenvalue weighted by molar-refractivity contribution is 0.786. The van der Waals surface area contributed by atoms with E-state index >= 15 is 0 Å². The zero-order valence-corrected chi connectivity index (χ0v) is 10.9. The zero-order chi connectivity index (χ0) is 10.2. The Morgan fingerprint density at radius 1 is 1.36 bits per heavy atom. The lowest BCUT2D eigenvalue weighted by atomic mass is 10.3. The van der Waals surface area contributed by atoms with Gasteiger partial charge in [-0.15, -0.1) is 0 Å². The summed E-state index contributed by atoms with van der Waals surface area (Å²) in [6, 6.07) is 0. The third kappa shape index (κ3) is 4.66. The number of hydrogen-bond acceptors (Lipinski definition) is 5. The third-order valence-corrected chi connectivity index (χ3v) is 4.07. The fourth-order valence-corrected chi connectivity index (χ4v) is 2.98. The van der Waals surface area contributed by atoms with Crippen molar-refractivity contribution >= 4 is 35.9 Å². The van der Waals surface area contributed by atoms with Gasteiger partial charge in [-0.1, -0.05) is 25.1 Å². The van der Waals surface area contributed by atoms with Crippen molar-refractivity contribution < 1.29 is 0 Å². The molecule has 0 unspecified atom stereocenters. The SMILES string of the molecule is CCc1nsc(SCCCCCS)n1. The van der Waals surface area contributed by atoms with Crippen molar-refractivity contribution in [1.82, 2.24) is 9.36 Å². The molecule has 1 heterocycles. The van der Waals surface area contributed by atoms with E-state index in [4.69, 9.17) is 0 Å². The first-order chi connectivity index (χ1) is 6.86. The van der Waals surface area contributed by atoms with Gasteiger partial charge in [0, 0.05) is 12.2 Å². The largest absolute Gasteiger partial charge is 0.213 e. The van der Waals surface area contributed by atoms with E-state index in [2.05, 4.69) is 28.9 Å². The first-order valence-corrected chi connectivity index (χ1v) is 7.32. The monoisotopic (exact) mass is 248 g/mol. The lowest BCUT2D eigenvalue weighted by Crippen LogP contribution is -1.83. The Hall–Kier alpha value is 0.260. The fraction of sp³-hybridized carbons (Fsp3) is 0.778. The van der Waals surface area contributed by atoms with Gasteiger partial charge in [-0.05, 0) is 30.1 Å². The molecule has 0 aliphatic carbocycles. The van der Waals surface area contributed by atoms with Crippen molar-refractivity contribution in [2.45, 2.75) is 36.9 Å². The Morgan fingerprint density at radius 2 is 2.21 bits per heavy atom. The van der Waals surface area contributed by atoms with Crippen LogP contribution < -0.4 is 0 Å². The summed E-state index contributed by atoms with van der Waals surface area (Å²) in [6.45, 7) is 2.09. The molecular formula is C9H16N2S3. The van der Waals surface area contributed by atoms with Gasteiger partial charge < -0.3 is 0 Å². The predicted molar refractivity (Wildman–Crippen MR) is 67.7 cm³/mol. The van der Waals surface area contributed by atoms with Gasteiger partial charge in [0.1, 0.15) is 5.82 Å². The van der Waals surface area contributed by atoms with Gasteiger partial charge in [-0.25, -0.2) is 4.98 Å². The number of aryl methyl sites for hydroxylation is 1. The van der Waals surface area contributed by atoms with Gasteiger partial charge >= 0.3 is 0 Å². The van der Waals surface area contributed by atoms with E-state index in [0.717, 1.165) is 28.1 Å². The molecule has 0 aliphatic heterocycles. The summed E-state index contributed by atoms with van der Waals surface area (Å²) in [6.07, 6.45) is 4.69. The second-order valence-electron chi connectivity index (χ2n) is 2.96. The van der Waals surface area contributed by atoms with Crippen LogP contribution in [-0.2, 0) is 6.42 Å². The van der Waals surface area contributed by atoms with Gasteiger partial charge in [0.05, 0.1) is 0 Å². The van der Waals surface area contributed by atoms with E-state index in [1.54, 1.807) is 0 Å². The minimum atomic E-state index is 0.941. The maximum Gasteiger partial charge on any atom is 0.170 e. The number of thioether (sulfide) groups is 1. The number of thiol groups is 1. The summed E-state index contributed by atoms with van der Waals surface area (Å²) in [7, 11) is 0. The lowest BCUT2D eigenvalue weighted by Gasteiger charge is -1.96. The van der Waals surface area contributed by atoms with Crippen LogP contribution in [0, 0.1) is 0 Å². The van der Waals surface area contributed by atoms with E-state index in [1.807, 2.05) is 11.8 Å². The molecular weight excluding hydrogens is 232 g/mol. The minimum Gasteiger partial charge on any atom is -0.213 e. The van der Waals surface area contributed by atoms with Crippen molar-refractivity contribution in [3.63, 3.8) is 0 Å². The maximum atomic E-state index is 4.40. The molecule has 0 amide bonds. The fourth-order valence-electron chi connectivity index (χ4n) is 0.990. The van der Waals surface area contributed by atoms with Gasteiger partial charge in [-0.3, -0.25) is 0 Å². The topological polar surface area (TPSA) is 25.8 Å². The normalized spacial score (nSPS) is 10.7. The van der Waals surface area contributed by atoms with Crippen LogP contribution in [0.4, 0.5) is 0 Å². The molecule has 14 heavy (non-hydrogen) atoms. The summed E-state index contributed by atoms with van der Waals surface area (Å²) >= 11 is 7.53. The van der Waals surface area contributed by atoms with Crippen molar-refractivity contribution in [1.29, 1.82) is 0 Å². The van der Waals surface area contributed by atoms with Gasteiger partial charge in [0.15, 0.2) is 4.34 Å². The average Bonchev–Trinajstić information content (AvgIpc) is 2.65. The summed E-state index contributed by atoms with van der Waals surface area (Å²) in [5, 5.41) is 0. The molecule has 0 saturated heterocycles. The van der Waals surface area contributed by atoms with Crippen LogP contribution in [0.1, 0.15) is 32.0 Å². The van der Waals surface area contributed by atoms with Crippen LogP contribution in [0.2, 0.25) is 0 Å². The summed E-state index contributed by atoms with van der Waals surface area (Å²) in [5.41, 5.74) is 0. The Labute approximate surface area is 99.5 Å². The third-order valence-electron chi connectivity index (χ3n) is 1.79. The Morgan fingerprint density at radius 3 is 2.86 bits per heavy atom. The second-order valence-corrected chi connectivity index (χ2v) is 5.50. The molecule has 0 N–H and O–H groups in total. The Kier molecular flexibility index (Phi) is 6.64. The van der Waals surface area contributed by atoms with Crippen LogP contribution in [0.15, 0.2) is 4.34 Å². The molecule has 0 spiro atoms. The van der Waals surface area contributed by atoms with E-state index < -0.39 is 0 Å². The molecule has 1 aromatic rings. The highest BCUT2D eigenvalue weighted by Crippen LogP contribution is 2.21. The zero-order valence-electron chi connectivity index (χ0n) is 8.40. The summed E-state index contributed by atoms with van der Waals surface area (Å²) < 4.78 is 5.37. The van der Waals surface area contributed by atoms with Gasteiger partial charge in [0.25, 0.3) is 0 Å². The number of hydrogen-bond donors (Lipinski definition) is 1. The van der Waals surface area contributed by atoms with Crippen molar-refractivity contribution in [3.8, 4) is 0 Å². The van der Waals surface area contributed by atoms with Crippen LogP contribution in [0.3, 0.4) is 0 Å². The smallest absolute Gasteiger partial charge is 0.170 e. The highest BCUT2D eigenvalue weighted by Gasteiger charge is 2.01. The highest BCUT2D eigenvalue weighted by molar-refractivity contribution is 8.00. The van der Waals surface area contributed by atoms with Crippen molar-refractivity contribution in [2.24, 2.45) is 0 Å². The van der Waals surface area contributed by atoms with E-state index in [1.165, 1.54) is 30.8 Å². The molecule has 0 aliphatic rings. The molecule has 2 nitrogen and oxygen atoms in total. The first kappa shape index (κ1) is 12.3. The molecule has 0 bridgehead atoms. The minimum absolute atomic E-state index is 0.941. The molecule has 0 atom stereocenters. The van der Waals surface area contributed by atoms with E-state index in [9.17, 15) is 0 Å². The highest BCUT2D eigenvalue weighted by atomic mass is 32.2. The van der Waals surface area contributed by atoms with Gasteiger partial charge in [0.2, 0.25) is 0 Å². The molecule has 5 heteroatoms. The van der Waals surface area contributed by atoms with Crippen LogP contribution >= 0.6 is 35.9 Å². The van der Waals surface area contributed by atoms with Crippen LogP contribution in [0.25, 0.3) is 0 Å². The summed E-state index contributed by atoms with van der Waals surface area (Å²) in [5.74, 6) is 3.14. The summed E-state index contributed by atoms with van der Waals surface area (Å²) in [4.78, 5) is 4.40. The van der Waals surface area contributed by atoms with Crippen LogP contribution in [0.5, 0.6) is 0 Å². The Balaban J connectivity index is 2.12. The molecule has 0 aromatic carbocycles. The van der Waals surface area contributed by atoms with Gasteiger partial charge in [-0.2, -0.15) is 17.0 Å². The molecule has 1 rings (SSSR count). The Bertz CT molecular complexity index is 250. The molecule has 0 fully saturated rings. The average molecular weight is 248 g/mol. The van der Waals surface area contributed by atoms with Crippen molar-refractivity contribution in [2.75, 3.05) is 11.5 Å². The first-order valence-electron chi connectivity index (χ1n) is 4.93. The van der Waals surface area contributed by atoms with E-state index in [0.29, 0.717) is 0 Å². The molecule has 1 aromatic heterocycles. The number of nitrogens with zero attached hydrogens (tertiary/aromatic N) is 2.